The van der Waals surface area contributed by atoms with Crippen LogP contribution in [-0.4, -0.2) is 66.7 Å². The lowest BCUT2D eigenvalue weighted by Gasteiger charge is -2.58. The van der Waals surface area contributed by atoms with E-state index in [1.54, 1.807) is 13.2 Å². The van der Waals surface area contributed by atoms with Crippen molar-refractivity contribution < 1.29 is 33.6 Å². The summed E-state index contributed by atoms with van der Waals surface area (Å²) in [6.45, 7) is 7.37. The Morgan fingerprint density at radius 3 is 2.65 bits per heavy atom. The molecule has 0 aromatic heterocycles. The van der Waals surface area contributed by atoms with E-state index in [1.807, 2.05) is 6.92 Å². The number of cyclic esters (lactones) is 1. The Bertz CT molecular complexity index is 996. The maximum Gasteiger partial charge on any atom is 0.331 e. The van der Waals surface area contributed by atoms with Crippen LogP contribution in [0, 0.1) is 28.6 Å². The molecule has 2 saturated heterocycles. The molecule has 206 valence electrons. The maximum absolute atomic E-state index is 11.8. The van der Waals surface area contributed by atoms with Crippen molar-refractivity contribution in [3.63, 3.8) is 0 Å². The van der Waals surface area contributed by atoms with Crippen molar-refractivity contribution in [3.8, 4) is 0 Å². The second-order valence-corrected chi connectivity index (χ2v) is 13.8. The predicted molar refractivity (Wildman–Crippen MR) is 134 cm³/mol. The number of ether oxygens (including phenoxy) is 5. The van der Waals surface area contributed by atoms with Gasteiger partial charge in [-0.15, -0.1) is 0 Å². The third kappa shape index (κ3) is 3.27. The summed E-state index contributed by atoms with van der Waals surface area (Å²) in [5, 5.41) is 10.3. The molecule has 0 amide bonds. The van der Waals surface area contributed by atoms with E-state index in [4.69, 9.17) is 23.7 Å². The summed E-state index contributed by atoms with van der Waals surface area (Å²) in [5.74, 6) is 1.47. The minimum Gasteiger partial charge on any atom is -0.458 e. The first-order valence-electron chi connectivity index (χ1n) is 14.7. The molecule has 2 spiro atoms. The maximum atomic E-state index is 11.8. The number of rotatable bonds is 4. The Labute approximate surface area is 220 Å². The zero-order chi connectivity index (χ0) is 25.8. The summed E-state index contributed by atoms with van der Waals surface area (Å²) in [7, 11) is 1.65. The highest BCUT2D eigenvalue weighted by Gasteiger charge is 2.86. The molecule has 0 bridgehead atoms. The molecule has 6 unspecified atom stereocenters. The zero-order valence-corrected chi connectivity index (χ0v) is 22.9. The van der Waals surface area contributed by atoms with Gasteiger partial charge in [-0.3, -0.25) is 0 Å². The standard InChI is InChI=1S/C30H44O7/c1-17-26(32)22(33-4)15-25(35-17)36-20-6-9-27(2)19(14-20)5-11-29-23(27)8-10-28(3)21(7-12-30(28,29)37-29)18-13-24(31)34-16-18/h13,17,19-23,25-26,32H,5-12,14-16H2,1-4H3/t17?,19?,20-,21+,22?,23?,25?,26?,27-,28+,29-,30+/m0/s1. The topological polar surface area (TPSA) is 86.8 Å². The molecular formula is C30H44O7. The number of methoxy groups -OCH3 is 1. The summed E-state index contributed by atoms with van der Waals surface area (Å²) in [4.78, 5) is 11.8. The second kappa shape index (κ2) is 8.26. The molecule has 37 heavy (non-hydrogen) atoms. The van der Waals surface area contributed by atoms with Crippen molar-refractivity contribution in [1.29, 1.82) is 0 Å². The Balaban J connectivity index is 1.06. The van der Waals surface area contributed by atoms with Crippen LogP contribution in [0.2, 0.25) is 0 Å². The van der Waals surface area contributed by atoms with Gasteiger partial charge in [-0.1, -0.05) is 13.8 Å². The number of fused-ring (bicyclic) bond motifs is 2. The molecule has 1 N–H and O–H groups in total. The highest BCUT2D eigenvalue weighted by atomic mass is 16.7. The highest BCUT2D eigenvalue weighted by molar-refractivity contribution is 5.85. The normalized spacial score (nSPS) is 56.5. The van der Waals surface area contributed by atoms with Crippen molar-refractivity contribution in [2.75, 3.05) is 13.7 Å². The van der Waals surface area contributed by atoms with Crippen molar-refractivity contribution in [2.45, 2.75) is 127 Å². The van der Waals surface area contributed by atoms with Crippen LogP contribution in [-0.2, 0) is 28.5 Å². The van der Waals surface area contributed by atoms with Crippen LogP contribution in [0.4, 0.5) is 0 Å². The van der Waals surface area contributed by atoms with Crippen molar-refractivity contribution in [2.24, 2.45) is 28.6 Å². The molecule has 0 aromatic carbocycles. The average molecular weight is 517 g/mol. The van der Waals surface area contributed by atoms with Crippen molar-refractivity contribution >= 4 is 5.97 Å². The Morgan fingerprint density at radius 1 is 1.05 bits per heavy atom. The van der Waals surface area contributed by atoms with Gasteiger partial charge in [-0.05, 0) is 93.5 Å². The molecule has 3 aliphatic heterocycles. The third-order valence-corrected chi connectivity index (χ3v) is 12.6. The van der Waals surface area contributed by atoms with Gasteiger partial charge in [0.2, 0.25) is 0 Å². The van der Waals surface area contributed by atoms with E-state index >= 15 is 0 Å². The van der Waals surface area contributed by atoms with Crippen LogP contribution in [0.3, 0.4) is 0 Å². The fourth-order valence-corrected chi connectivity index (χ4v) is 10.6. The lowest BCUT2D eigenvalue weighted by atomic mass is 9.44. The van der Waals surface area contributed by atoms with E-state index in [2.05, 4.69) is 13.8 Å². The molecule has 7 heteroatoms. The summed E-state index contributed by atoms with van der Waals surface area (Å²) < 4.78 is 30.4. The lowest BCUT2D eigenvalue weighted by molar-refractivity contribution is -0.271. The fraction of sp³-hybridized carbons (Fsp3) is 0.900. The number of carbonyl (C=O) groups excluding carboxylic acids is 1. The van der Waals surface area contributed by atoms with Gasteiger partial charge < -0.3 is 28.8 Å². The molecule has 7 rings (SSSR count). The first-order valence-corrected chi connectivity index (χ1v) is 14.7. The first-order chi connectivity index (χ1) is 17.7. The largest absolute Gasteiger partial charge is 0.458 e. The van der Waals surface area contributed by atoms with Crippen LogP contribution >= 0.6 is 0 Å². The average Bonchev–Trinajstić information content (AvgIpc) is 3.18. The van der Waals surface area contributed by atoms with Gasteiger partial charge in [-0.25, -0.2) is 4.79 Å². The molecule has 7 aliphatic rings. The number of carbonyl (C=O) groups is 1. The number of esters is 1. The van der Waals surface area contributed by atoms with E-state index in [0.717, 1.165) is 32.1 Å². The lowest BCUT2D eigenvalue weighted by Crippen LogP contribution is -2.59. The quantitative estimate of drug-likeness (QED) is 0.339. The highest BCUT2D eigenvalue weighted by Crippen LogP contribution is 2.81. The van der Waals surface area contributed by atoms with Gasteiger partial charge in [-0.2, -0.15) is 0 Å². The van der Waals surface area contributed by atoms with Crippen LogP contribution < -0.4 is 0 Å². The van der Waals surface area contributed by atoms with Crippen LogP contribution in [0.25, 0.3) is 0 Å². The van der Waals surface area contributed by atoms with Gasteiger partial charge in [0.1, 0.15) is 23.9 Å². The Hall–Kier alpha value is -0.990. The summed E-state index contributed by atoms with van der Waals surface area (Å²) in [6.07, 6.45) is 11.4. The minimum absolute atomic E-state index is 0.0153. The second-order valence-electron chi connectivity index (χ2n) is 13.8. The van der Waals surface area contributed by atoms with Crippen molar-refractivity contribution in [3.05, 3.63) is 11.6 Å². The predicted octanol–water partition coefficient (Wildman–Crippen LogP) is 4.30. The smallest absolute Gasteiger partial charge is 0.331 e. The molecule has 4 saturated carbocycles. The minimum atomic E-state index is -0.606. The van der Waals surface area contributed by atoms with Gasteiger partial charge in [0, 0.05) is 25.0 Å². The monoisotopic (exact) mass is 516 g/mol. The van der Waals surface area contributed by atoms with Crippen LogP contribution in [0.1, 0.15) is 85.0 Å². The Kier molecular flexibility index (Phi) is 5.58. The zero-order valence-electron chi connectivity index (χ0n) is 22.9. The molecule has 4 aliphatic carbocycles. The summed E-state index contributed by atoms with van der Waals surface area (Å²) >= 11 is 0. The molecule has 0 radical (unpaired) electrons. The number of aliphatic hydroxyl groups is 1. The molecule has 3 heterocycles. The number of hydrogen-bond donors (Lipinski definition) is 1. The molecule has 12 atom stereocenters. The van der Waals surface area contributed by atoms with Crippen LogP contribution in [0.15, 0.2) is 11.6 Å². The number of aliphatic hydroxyl groups excluding tert-OH is 1. The van der Waals surface area contributed by atoms with Crippen molar-refractivity contribution in [1.82, 2.24) is 0 Å². The van der Waals surface area contributed by atoms with E-state index in [0.29, 0.717) is 30.8 Å². The molecule has 7 nitrogen and oxygen atoms in total. The summed E-state index contributed by atoms with van der Waals surface area (Å²) in [5.41, 5.74) is 1.57. The first kappa shape index (κ1) is 25.0. The van der Waals surface area contributed by atoms with Gasteiger partial charge >= 0.3 is 5.97 Å². The van der Waals surface area contributed by atoms with Gasteiger partial charge in [0.25, 0.3) is 0 Å². The third-order valence-electron chi connectivity index (χ3n) is 12.6. The Morgan fingerprint density at radius 2 is 1.89 bits per heavy atom. The molecule has 0 aromatic rings. The SMILES string of the molecule is COC1CC(O[C@H]2CC[C@@]3(C)C(CC[C@@]45O[C@@]46CC[C@H](C4=CC(=O)OC4)[C@@]6(C)CCC35)C2)OC(C)C1O. The molecule has 6 fully saturated rings. The van der Waals surface area contributed by atoms with Crippen LogP contribution in [0.5, 0.6) is 0 Å². The summed E-state index contributed by atoms with van der Waals surface area (Å²) in [6, 6.07) is 0. The number of epoxide rings is 1. The van der Waals surface area contributed by atoms with Gasteiger partial charge in [0.15, 0.2) is 6.29 Å². The fourth-order valence-electron chi connectivity index (χ4n) is 10.6. The number of hydrogen-bond acceptors (Lipinski definition) is 7. The van der Waals surface area contributed by atoms with E-state index < -0.39 is 6.10 Å². The van der Waals surface area contributed by atoms with E-state index in [1.165, 1.54) is 31.3 Å². The van der Waals surface area contributed by atoms with E-state index in [-0.39, 0.29) is 52.6 Å². The van der Waals surface area contributed by atoms with Gasteiger partial charge in [0.05, 0.1) is 18.3 Å². The van der Waals surface area contributed by atoms with E-state index in [9.17, 15) is 9.90 Å². The molecular weight excluding hydrogens is 472 g/mol.